The lowest BCUT2D eigenvalue weighted by Gasteiger charge is -2.14. The second-order valence-electron chi connectivity index (χ2n) is 5.04. The molecule has 1 aliphatic rings. The number of nitrogens with two attached hydrogens (primary N) is 1. The van der Waals surface area contributed by atoms with Gasteiger partial charge in [0.25, 0.3) is 0 Å². The van der Waals surface area contributed by atoms with Gasteiger partial charge in [0.1, 0.15) is 5.82 Å². The van der Waals surface area contributed by atoms with Crippen LogP contribution in [0, 0.1) is 5.82 Å². The van der Waals surface area contributed by atoms with Gasteiger partial charge in [0.05, 0.1) is 5.69 Å². The zero-order valence-electron chi connectivity index (χ0n) is 9.96. The third-order valence-corrected chi connectivity index (χ3v) is 3.30. The van der Waals surface area contributed by atoms with Gasteiger partial charge in [-0.2, -0.15) is 0 Å². The van der Waals surface area contributed by atoms with Gasteiger partial charge in [0.15, 0.2) is 0 Å². The zero-order valence-corrected chi connectivity index (χ0v) is 9.96. The number of aryl methyl sites for hydroxylation is 1. The van der Waals surface area contributed by atoms with E-state index in [-0.39, 0.29) is 11.4 Å². The van der Waals surface area contributed by atoms with E-state index in [1.165, 1.54) is 0 Å². The van der Waals surface area contributed by atoms with E-state index in [1.807, 2.05) is 26.2 Å². The van der Waals surface area contributed by atoms with Crippen molar-refractivity contribution in [2.45, 2.75) is 31.2 Å². The topological polar surface area (TPSA) is 29.3 Å². The van der Waals surface area contributed by atoms with Crippen LogP contribution >= 0.6 is 0 Å². The Hall–Kier alpha value is -1.09. The van der Waals surface area contributed by atoms with Gasteiger partial charge in [-0.3, -0.25) is 0 Å². The lowest BCUT2D eigenvalue weighted by Crippen LogP contribution is -2.22. The Kier molecular flexibility index (Phi) is 2.89. The Morgan fingerprint density at radius 1 is 1.38 bits per heavy atom. The van der Waals surface area contributed by atoms with E-state index in [1.54, 1.807) is 11.0 Å². The molecular weight excluding hydrogens is 203 g/mol. The summed E-state index contributed by atoms with van der Waals surface area (Å²) in [5.74, 6) is -0.149. The molecule has 0 aliphatic heterocycles. The first-order valence-corrected chi connectivity index (χ1v) is 5.75. The summed E-state index contributed by atoms with van der Waals surface area (Å²) in [5, 5.41) is 0. The quantitative estimate of drug-likeness (QED) is 0.847. The van der Waals surface area contributed by atoms with Crippen LogP contribution in [0.25, 0.3) is 0 Å². The summed E-state index contributed by atoms with van der Waals surface area (Å²) in [6.07, 6.45) is 4.07. The average molecular weight is 222 g/mol. The molecule has 1 aliphatic carbocycles. The number of anilines is 1. The number of rotatable bonds is 4. The molecule has 88 valence electrons. The van der Waals surface area contributed by atoms with Crippen molar-refractivity contribution in [2.24, 2.45) is 5.73 Å². The lowest BCUT2D eigenvalue weighted by atomic mass is 10.0. The molecule has 0 saturated heterocycles. The summed E-state index contributed by atoms with van der Waals surface area (Å²) in [7, 11) is 3.69. The van der Waals surface area contributed by atoms with E-state index in [2.05, 4.69) is 0 Å². The minimum atomic E-state index is -0.149. The summed E-state index contributed by atoms with van der Waals surface area (Å²) >= 11 is 0. The molecule has 1 saturated carbocycles. The fourth-order valence-corrected chi connectivity index (χ4v) is 1.87. The van der Waals surface area contributed by atoms with Crippen molar-refractivity contribution in [3.8, 4) is 0 Å². The van der Waals surface area contributed by atoms with Gasteiger partial charge in [-0.25, -0.2) is 4.39 Å². The maximum atomic E-state index is 13.7. The summed E-state index contributed by atoms with van der Waals surface area (Å²) in [5.41, 5.74) is 7.74. The van der Waals surface area contributed by atoms with Gasteiger partial charge in [-0.15, -0.1) is 0 Å². The molecule has 0 heterocycles. The molecule has 2 nitrogen and oxygen atoms in total. The van der Waals surface area contributed by atoms with E-state index in [0.717, 1.165) is 31.2 Å². The molecule has 0 aromatic heterocycles. The highest BCUT2D eigenvalue weighted by Crippen LogP contribution is 2.36. The molecule has 0 atom stereocenters. The van der Waals surface area contributed by atoms with E-state index in [9.17, 15) is 4.39 Å². The molecule has 2 N–H and O–H groups in total. The predicted octanol–water partition coefficient (Wildman–Crippen LogP) is 2.32. The number of nitrogens with zero attached hydrogens (tertiary/aromatic N) is 1. The van der Waals surface area contributed by atoms with E-state index >= 15 is 0 Å². The minimum Gasteiger partial charge on any atom is -0.375 e. The highest BCUT2D eigenvalue weighted by Gasteiger charge is 2.37. The van der Waals surface area contributed by atoms with Gasteiger partial charge in [0, 0.05) is 19.6 Å². The first-order valence-electron chi connectivity index (χ1n) is 5.75. The summed E-state index contributed by atoms with van der Waals surface area (Å²) < 4.78 is 13.7. The van der Waals surface area contributed by atoms with Crippen LogP contribution in [0.1, 0.15) is 24.8 Å². The lowest BCUT2D eigenvalue weighted by molar-refractivity contribution is 0.599. The number of halogens is 1. The first-order chi connectivity index (χ1) is 7.50. The molecule has 3 heteroatoms. The molecule has 1 aromatic carbocycles. The van der Waals surface area contributed by atoms with Crippen LogP contribution < -0.4 is 10.6 Å². The van der Waals surface area contributed by atoms with Gasteiger partial charge in [-0.05, 0) is 43.4 Å². The Balaban J connectivity index is 2.03. The van der Waals surface area contributed by atoms with Crippen molar-refractivity contribution >= 4 is 5.69 Å². The van der Waals surface area contributed by atoms with E-state index in [4.69, 9.17) is 5.73 Å². The largest absolute Gasteiger partial charge is 0.375 e. The highest BCUT2D eigenvalue weighted by atomic mass is 19.1. The second kappa shape index (κ2) is 4.06. The summed E-state index contributed by atoms with van der Waals surface area (Å²) in [6.45, 7) is 0. The Morgan fingerprint density at radius 3 is 2.56 bits per heavy atom. The molecule has 0 unspecified atom stereocenters. The first kappa shape index (κ1) is 11.4. The third-order valence-electron chi connectivity index (χ3n) is 3.30. The maximum Gasteiger partial charge on any atom is 0.146 e. The standard InChI is InChI=1S/C13H19FN2/c1-16(2)12-4-3-10(9-11(12)14)5-6-13(15)7-8-13/h3-4,9H,5-8,15H2,1-2H3. The van der Waals surface area contributed by atoms with E-state index in [0.29, 0.717) is 5.69 Å². The molecule has 2 rings (SSSR count). The maximum absolute atomic E-state index is 13.7. The summed E-state index contributed by atoms with van der Waals surface area (Å²) in [4.78, 5) is 1.78. The monoisotopic (exact) mass is 222 g/mol. The van der Waals surface area contributed by atoms with Crippen molar-refractivity contribution in [2.75, 3.05) is 19.0 Å². The second-order valence-corrected chi connectivity index (χ2v) is 5.04. The molecule has 16 heavy (non-hydrogen) atoms. The zero-order chi connectivity index (χ0) is 11.8. The number of benzene rings is 1. The average Bonchev–Trinajstić information content (AvgIpc) is 2.94. The highest BCUT2D eigenvalue weighted by molar-refractivity contribution is 5.47. The molecule has 1 aromatic rings. The minimum absolute atomic E-state index is 0.0523. The SMILES string of the molecule is CN(C)c1ccc(CCC2(N)CC2)cc1F. The fraction of sp³-hybridized carbons (Fsp3) is 0.538. The van der Waals surface area contributed by atoms with Crippen LogP contribution in [0.3, 0.4) is 0 Å². The number of hydrogen-bond acceptors (Lipinski definition) is 2. The van der Waals surface area contributed by atoms with Gasteiger partial charge < -0.3 is 10.6 Å². The molecule has 1 fully saturated rings. The smallest absolute Gasteiger partial charge is 0.146 e. The normalized spacial score (nSPS) is 17.2. The van der Waals surface area contributed by atoms with Crippen molar-refractivity contribution in [1.82, 2.24) is 0 Å². The molecular formula is C13H19FN2. The van der Waals surface area contributed by atoms with E-state index < -0.39 is 0 Å². The Morgan fingerprint density at radius 2 is 2.06 bits per heavy atom. The molecule has 0 amide bonds. The predicted molar refractivity (Wildman–Crippen MR) is 65.2 cm³/mol. The fourth-order valence-electron chi connectivity index (χ4n) is 1.87. The van der Waals surface area contributed by atoms with Gasteiger partial charge in [-0.1, -0.05) is 6.07 Å². The van der Waals surface area contributed by atoms with Crippen molar-refractivity contribution in [1.29, 1.82) is 0 Å². The van der Waals surface area contributed by atoms with Crippen molar-refractivity contribution < 1.29 is 4.39 Å². The van der Waals surface area contributed by atoms with Crippen LogP contribution in [-0.4, -0.2) is 19.6 Å². The van der Waals surface area contributed by atoms with Gasteiger partial charge >= 0.3 is 0 Å². The van der Waals surface area contributed by atoms with Crippen LogP contribution in [0.4, 0.5) is 10.1 Å². The van der Waals surface area contributed by atoms with Crippen molar-refractivity contribution in [3.63, 3.8) is 0 Å². The third kappa shape index (κ3) is 2.53. The van der Waals surface area contributed by atoms with Crippen LogP contribution in [0.15, 0.2) is 18.2 Å². The molecule has 0 radical (unpaired) electrons. The Labute approximate surface area is 96.2 Å². The molecule has 0 spiro atoms. The van der Waals surface area contributed by atoms with Crippen LogP contribution in [-0.2, 0) is 6.42 Å². The molecule has 0 bridgehead atoms. The Bertz CT molecular complexity index is 384. The number of hydrogen-bond donors (Lipinski definition) is 1. The van der Waals surface area contributed by atoms with Crippen molar-refractivity contribution in [3.05, 3.63) is 29.6 Å². The van der Waals surface area contributed by atoms with Gasteiger partial charge in [0.2, 0.25) is 0 Å². The van der Waals surface area contributed by atoms with Crippen LogP contribution in [0.2, 0.25) is 0 Å². The van der Waals surface area contributed by atoms with Crippen LogP contribution in [0.5, 0.6) is 0 Å². The summed E-state index contributed by atoms with van der Waals surface area (Å²) in [6, 6.07) is 5.45.